The molecular formula is C12H16ClN5O. The predicted molar refractivity (Wildman–Crippen MR) is 73.3 cm³/mol. The van der Waals surface area contributed by atoms with Crippen molar-refractivity contribution < 1.29 is 4.79 Å². The third-order valence-electron chi connectivity index (χ3n) is 2.88. The van der Waals surface area contributed by atoms with Crippen molar-refractivity contribution in [2.24, 2.45) is 0 Å². The van der Waals surface area contributed by atoms with Gasteiger partial charge in [0.1, 0.15) is 5.88 Å². The molecule has 7 heteroatoms. The zero-order chi connectivity index (χ0) is 13.8. The van der Waals surface area contributed by atoms with Crippen LogP contribution in [0.3, 0.4) is 0 Å². The lowest BCUT2D eigenvalue weighted by atomic mass is 10.2. The molecule has 6 nitrogen and oxygen atoms in total. The summed E-state index contributed by atoms with van der Waals surface area (Å²) in [5.41, 5.74) is 2.88. The van der Waals surface area contributed by atoms with Gasteiger partial charge in [-0.3, -0.25) is 14.2 Å². The Hall–Kier alpha value is -1.82. The zero-order valence-corrected chi connectivity index (χ0v) is 11.7. The highest BCUT2D eigenvalue weighted by Crippen LogP contribution is 2.11. The highest BCUT2D eigenvalue weighted by Gasteiger charge is 2.08. The summed E-state index contributed by atoms with van der Waals surface area (Å²) in [6, 6.07) is 0. The molecule has 2 aromatic rings. The molecule has 1 N–H and O–H groups in total. The van der Waals surface area contributed by atoms with E-state index in [9.17, 15) is 4.79 Å². The topological polar surface area (TPSA) is 64.7 Å². The van der Waals surface area contributed by atoms with E-state index >= 15 is 0 Å². The number of halogens is 1. The summed E-state index contributed by atoms with van der Waals surface area (Å²) < 4.78 is 3.70. The Morgan fingerprint density at radius 2 is 2.21 bits per heavy atom. The molecule has 0 aliphatic carbocycles. The number of nitrogens with zero attached hydrogens (tertiary/aromatic N) is 4. The highest BCUT2D eigenvalue weighted by atomic mass is 35.5. The SMILES string of the molecule is CCn1ncc(Cn2cc(NC(=O)CCl)cn2)c1C. The molecule has 0 bridgehead atoms. The number of anilines is 1. The largest absolute Gasteiger partial charge is 0.322 e. The molecule has 0 fully saturated rings. The van der Waals surface area contributed by atoms with Crippen LogP contribution >= 0.6 is 11.6 Å². The average Bonchev–Trinajstić information content (AvgIpc) is 2.98. The second kappa shape index (κ2) is 5.88. The Morgan fingerprint density at radius 1 is 1.42 bits per heavy atom. The molecule has 0 aliphatic rings. The molecule has 19 heavy (non-hydrogen) atoms. The number of hydrogen-bond acceptors (Lipinski definition) is 3. The molecule has 0 saturated heterocycles. The van der Waals surface area contributed by atoms with E-state index in [1.165, 1.54) is 0 Å². The Morgan fingerprint density at radius 3 is 2.84 bits per heavy atom. The van der Waals surface area contributed by atoms with Crippen molar-refractivity contribution in [2.75, 3.05) is 11.2 Å². The van der Waals surface area contributed by atoms with Crippen LogP contribution in [0.25, 0.3) is 0 Å². The van der Waals surface area contributed by atoms with Crippen LogP contribution in [0, 0.1) is 6.92 Å². The van der Waals surface area contributed by atoms with E-state index < -0.39 is 0 Å². The fourth-order valence-electron chi connectivity index (χ4n) is 1.84. The third-order valence-corrected chi connectivity index (χ3v) is 3.12. The number of nitrogens with one attached hydrogen (secondary N) is 1. The van der Waals surface area contributed by atoms with Crippen molar-refractivity contribution in [2.45, 2.75) is 26.9 Å². The van der Waals surface area contributed by atoms with Crippen LogP contribution in [0.2, 0.25) is 0 Å². The van der Waals surface area contributed by atoms with Gasteiger partial charge in [-0.1, -0.05) is 0 Å². The van der Waals surface area contributed by atoms with Crippen LogP contribution in [0.1, 0.15) is 18.2 Å². The average molecular weight is 282 g/mol. The summed E-state index contributed by atoms with van der Waals surface area (Å²) in [5, 5.41) is 11.1. The van der Waals surface area contributed by atoms with Gasteiger partial charge in [0, 0.05) is 24.0 Å². The number of aromatic nitrogens is 4. The van der Waals surface area contributed by atoms with Crippen LogP contribution in [0.5, 0.6) is 0 Å². The molecule has 2 rings (SSSR count). The Kier molecular flexibility index (Phi) is 4.21. The fourth-order valence-corrected chi connectivity index (χ4v) is 1.91. The standard InChI is InChI=1S/C12H16ClN5O/c1-3-18-9(2)10(5-15-18)7-17-8-11(6-14-17)16-12(19)4-13/h5-6,8H,3-4,7H2,1-2H3,(H,16,19). The second-order valence-corrected chi connectivity index (χ2v) is 4.45. The van der Waals surface area contributed by atoms with Crippen LogP contribution in [-0.2, 0) is 17.9 Å². The molecule has 1 amide bonds. The van der Waals surface area contributed by atoms with Crippen molar-refractivity contribution in [1.29, 1.82) is 0 Å². The third kappa shape index (κ3) is 3.14. The first kappa shape index (κ1) is 13.6. The minimum atomic E-state index is -0.240. The van der Waals surface area contributed by atoms with E-state index in [2.05, 4.69) is 22.4 Å². The highest BCUT2D eigenvalue weighted by molar-refractivity contribution is 6.29. The molecule has 0 saturated carbocycles. The summed E-state index contributed by atoms with van der Waals surface area (Å²) in [6.45, 7) is 5.56. The molecular weight excluding hydrogens is 266 g/mol. The fraction of sp³-hybridized carbons (Fsp3) is 0.417. The van der Waals surface area contributed by atoms with Gasteiger partial charge in [-0.05, 0) is 13.8 Å². The maximum absolute atomic E-state index is 11.2. The van der Waals surface area contributed by atoms with Gasteiger partial charge in [-0.15, -0.1) is 11.6 Å². The van der Waals surface area contributed by atoms with Gasteiger partial charge >= 0.3 is 0 Å². The Balaban J connectivity index is 2.07. The summed E-state index contributed by atoms with van der Waals surface area (Å²) in [7, 11) is 0. The summed E-state index contributed by atoms with van der Waals surface area (Å²) in [4.78, 5) is 11.2. The lowest BCUT2D eigenvalue weighted by molar-refractivity contribution is -0.113. The summed E-state index contributed by atoms with van der Waals surface area (Å²) >= 11 is 5.43. The van der Waals surface area contributed by atoms with E-state index in [0.29, 0.717) is 12.2 Å². The van der Waals surface area contributed by atoms with Crippen LogP contribution in [0.4, 0.5) is 5.69 Å². The maximum atomic E-state index is 11.2. The van der Waals surface area contributed by atoms with E-state index in [4.69, 9.17) is 11.6 Å². The molecule has 0 aromatic carbocycles. The lowest BCUT2D eigenvalue weighted by Gasteiger charge is -2.02. The van der Waals surface area contributed by atoms with E-state index in [1.54, 1.807) is 17.1 Å². The normalized spacial score (nSPS) is 10.7. The smallest absolute Gasteiger partial charge is 0.239 e. The number of rotatable bonds is 5. The van der Waals surface area contributed by atoms with Gasteiger partial charge in [0.15, 0.2) is 0 Å². The molecule has 0 atom stereocenters. The minimum absolute atomic E-state index is 0.0619. The van der Waals surface area contributed by atoms with E-state index in [1.807, 2.05) is 17.8 Å². The first-order valence-corrected chi connectivity index (χ1v) is 6.57. The summed E-state index contributed by atoms with van der Waals surface area (Å²) in [5.74, 6) is -0.302. The number of carbonyl (C=O) groups is 1. The van der Waals surface area contributed by atoms with Crippen LogP contribution in [-0.4, -0.2) is 31.3 Å². The van der Waals surface area contributed by atoms with Gasteiger partial charge < -0.3 is 5.32 Å². The summed E-state index contributed by atoms with van der Waals surface area (Å²) in [6.07, 6.45) is 5.22. The Bertz CT molecular complexity index is 574. The molecule has 0 radical (unpaired) electrons. The van der Waals surface area contributed by atoms with E-state index in [0.717, 1.165) is 17.8 Å². The Labute approximate surface area is 116 Å². The van der Waals surface area contributed by atoms with Crippen molar-refractivity contribution in [3.8, 4) is 0 Å². The van der Waals surface area contributed by atoms with Gasteiger partial charge in [0.25, 0.3) is 0 Å². The van der Waals surface area contributed by atoms with Crippen molar-refractivity contribution in [3.63, 3.8) is 0 Å². The van der Waals surface area contributed by atoms with Crippen molar-refractivity contribution >= 4 is 23.2 Å². The van der Waals surface area contributed by atoms with Crippen LogP contribution in [0.15, 0.2) is 18.6 Å². The molecule has 2 aromatic heterocycles. The van der Waals surface area contributed by atoms with Crippen LogP contribution < -0.4 is 5.32 Å². The van der Waals surface area contributed by atoms with Crippen molar-refractivity contribution in [3.05, 3.63) is 29.8 Å². The minimum Gasteiger partial charge on any atom is -0.322 e. The quantitative estimate of drug-likeness (QED) is 0.847. The number of hydrogen-bond donors (Lipinski definition) is 1. The van der Waals surface area contributed by atoms with E-state index in [-0.39, 0.29) is 11.8 Å². The van der Waals surface area contributed by atoms with Gasteiger partial charge in [0.05, 0.1) is 24.6 Å². The number of aryl methyl sites for hydroxylation is 1. The van der Waals surface area contributed by atoms with Gasteiger partial charge in [-0.25, -0.2) is 0 Å². The molecule has 102 valence electrons. The second-order valence-electron chi connectivity index (χ2n) is 4.18. The number of alkyl halides is 1. The molecule has 0 aliphatic heterocycles. The zero-order valence-electron chi connectivity index (χ0n) is 10.9. The first-order chi connectivity index (χ1) is 9.13. The predicted octanol–water partition coefficient (Wildman–Crippen LogP) is 1.63. The van der Waals surface area contributed by atoms with Gasteiger partial charge in [-0.2, -0.15) is 10.2 Å². The maximum Gasteiger partial charge on any atom is 0.239 e. The van der Waals surface area contributed by atoms with Gasteiger partial charge in [0.2, 0.25) is 5.91 Å². The lowest BCUT2D eigenvalue weighted by Crippen LogP contribution is -2.11. The van der Waals surface area contributed by atoms with Crippen molar-refractivity contribution in [1.82, 2.24) is 19.6 Å². The monoisotopic (exact) mass is 281 g/mol. The molecule has 2 heterocycles. The molecule has 0 spiro atoms. The number of carbonyl (C=O) groups excluding carboxylic acids is 1. The first-order valence-electron chi connectivity index (χ1n) is 6.03. The molecule has 0 unspecified atom stereocenters. The number of amides is 1.